The Morgan fingerprint density at radius 1 is 1.13 bits per heavy atom. The Labute approximate surface area is 174 Å². The van der Waals surface area contributed by atoms with E-state index < -0.39 is 0 Å². The molecule has 1 saturated heterocycles. The first kappa shape index (κ1) is 19.5. The van der Waals surface area contributed by atoms with E-state index in [4.69, 9.17) is 9.47 Å². The van der Waals surface area contributed by atoms with Crippen molar-refractivity contribution in [2.75, 3.05) is 38.3 Å². The van der Waals surface area contributed by atoms with E-state index in [2.05, 4.69) is 21.2 Å². The van der Waals surface area contributed by atoms with Crippen molar-refractivity contribution in [3.8, 4) is 23.3 Å². The highest BCUT2D eigenvalue weighted by Gasteiger charge is 2.23. The zero-order valence-corrected chi connectivity index (χ0v) is 16.5. The van der Waals surface area contributed by atoms with Crippen LogP contribution in [0.5, 0.6) is 11.5 Å². The van der Waals surface area contributed by atoms with Crippen molar-refractivity contribution in [2.45, 2.75) is 0 Å². The monoisotopic (exact) mass is 403 g/mol. The van der Waals surface area contributed by atoms with Crippen LogP contribution in [0.4, 0.5) is 5.95 Å². The molecule has 3 aromatic rings. The van der Waals surface area contributed by atoms with Crippen LogP contribution >= 0.6 is 0 Å². The van der Waals surface area contributed by atoms with E-state index in [-0.39, 0.29) is 11.3 Å². The number of rotatable bonds is 5. The minimum absolute atomic E-state index is 0.0353. The van der Waals surface area contributed by atoms with E-state index in [9.17, 15) is 10.4 Å². The first-order valence-electron chi connectivity index (χ1n) is 9.54. The Balaban J connectivity index is 1.85. The fraction of sp³-hybridized carbons (Fsp3) is 0.227. The van der Waals surface area contributed by atoms with Gasteiger partial charge < -0.3 is 19.5 Å². The van der Waals surface area contributed by atoms with Gasteiger partial charge in [-0.25, -0.2) is 0 Å². The maximum atomic E-state index is 10.4. The molecule has 0 unspecified atom stereocenters. The molecule has 0 spiro atoms. The fourth-order valence-electron chi connectivity index (χ4n) is 3.36. The molecule has 2 heterocycles. The van der Waals surface area contributed by atoms with Crippen LogP contribution in [0.25, 0.3) is 17.3 Å². The average molecular weight is 403 g/mol. The van der Waals surface area contributed by atoms with Gasteiger partial charge >= 0.3 is 0 Å². The molecule has 0 radical (unpaired) electrons. The fourth-order valence-corrected chi connectivity index (χ4v) is 3.36. The van der Waals surface area contributed by atoms with Crippen molar-refractivity contribution in [3.63, 3.8) is 0 Å². The molecule has 0 aliphatic carbocycles. The first-order valence-corrected chi connectivity index (χ1v) is 9.54. The number of nitrogens with zero attached hydrogens (tertiary/aromatic N) is 5. The van der Waals surface area contributed by atoms with Gasteiger partial charge in [0.25, 0.3) is 0 Å². The average Bonchev–Trinajstić information content (AvgIpc) is 3.24. The molecule has 8 nitrogen and oxygen atoms in total. The third-order valence-electron chi connectivity index (χ3n) is 4.87. The van der Waals surface area contributed by atoms with Crippen molar-refractivity contribution in [3.05, 3.63) is 59.9 Å². The van der Waals surface area contributed by atoms with Gasteiger partial charge in [-0.05, 0) is 24.3 Å². The third-order valence-corrected chi connectivity index (χ3v) is 4.87. The van der Waals surface area contributed by atoms with Gasteiger partial charge in [-0.1, -0.05) is 30.3 Å². The molecule has 0 amide bonds. The minimum Gasteiger partial charge on any atom is -0.504 e. The van der Waals surface area contributed by atoms with Crippen molar-refractivity contribution in [2.24, 2.45) is 0 Å². The maximum Gasteiger partial charge on any atom is 0.232 e. The molecule has 4 rings (SSSR count). The zero-order chi connectivity index (χ0) is 20.9. The summed E-state index contributed by atoms with van der Waals surface area (Å²) in [5.74, 6) is 1.34. The highest BCUT2D eigenvalue weighted by atomic mass is 16.5. The van der Waals surface area contributed by atoms with Crippen molar-refractivity contribution in [1.82, 2.24) is 14.8 Å². The Bertz CT molecular complexity index is 1100. The van der Waals surface area contributed by atoms with Crippen molar-refractivity contribution < 1.29 is 14.6 Å². The van der Waals surface area contributed by atoms with Gasteiger partial charge in [-0.3, -0.25) is 4.57 Å². The SMILES string of the molecule is COc1cccc(C=C(C#N)c2nnc(N3CCOCC3)n2-c2ccccc2)c1O. The molecule has 2 aromatic carbocycles. The molecule has 1 aliphatic rings. The van der Waals surface area contributed by atoms with Crippen LogP contribution < -0.4 is 9.64 Å². The summed E-state index contributed by atoms with van der Waals surface area (Å²) in [6, 6.07) is 17.0. The lowest BCUT2D eigenvalue weighted by molar-refractivity contribution is 0.122. The number of hydrogen-bond acceptors (Lipinski definition) is 7. The number of aromatic hydroxyl groups is 1. The molecule has 0 saturated carbocycles. The lowest BCUT2D eigenvalue weighted by Crippen LogP contribution is -2.38. The topological polar surface area (TPSA) is 96.4 Å². The second kappa shape index (κ2) is 8.68. The molecule has 0 atom stereocenters. The van der Waals surface area contributed by atoms with Crippen LogP contribution in [0.2, 0.25) is 0 Å². The van der Waals surface area contributed by atoms with E-state index in [1.54, 1.807) is 24.3 Å². The lowest BCUT2D eigenvalue weighted by Gasteiger charge is -2.28. The summed E-state index contributed by atoms with van der Waals surface area (Å²) >= 11 is 0. The number of hydrogen-bond donors (Lipinski definition) is 1. The molecule has 1 aliphatic heterocycles. The predicted molar refractivity (Wildman–Crippen MR) is 113 cm³/mol. The summed E-state index contributed by atoms with van der Waals surface area (Å²) < 4.78 is 12.5. The van der Waals surface area contributed by atoms with Gasteiger partial charge in [-0.2, -0.15) is 5.26 Å². The van der Waals surface area contributed by atoms with E-state index in [1.165, 1.54) is 7.11 Å². The molecule has 0 bridgehead atoms. The normalized spacial score (nSPS) is 14.4. The molecule has 1 N–H and O–H groups in total. The van der Waals surface area contributed by atoms with Gasteiger partial charge in [0, 0.05) is 18.7 Å². The second-order valence-corrected chi connectivity index (χ2v) is 6.66. The van der Waals surface area contributed by atoms with Crippen molar-refractivity contribution in [1.29, 1.82) is 5.26 Å². The molecule has 8 heteroatoms. The first-order chi connectivity index (χ1) is 14.7. The molecular formula is C22H21N5O3. The van der Waals surface area contributed by atoms with Crippen LogP contribution in [-0.4, -0.2) is 53.3 Å². The number of ether oxygens (including phenoxy) is 2. The predicted octanol–water partition coefficient (Wildman–Crippen LogP) is 2.88. The number of nitriles is 1. The zero-order valence-electron chi connectivity index (χ0n) is 16.5. The number of phenols is 1. The summed E-state index contributed by atoms with van der Waals surface area (Å²) in [5, 5.41) is 29.1. The van der Waals surface area contributed by atoms with Crippen LogP contribution in [0, 0.1) is 11.3 Å². The summed E-state index contributed by atoms with van der Waals surface area (Å²) in [5.41, 5.74) is 1.57. The highest BCUT2D eigenvalue weighted by molar-refractivity contribution is 5.89. The number of aromatic nitrogens is 3. The lowest BCUT2D eigenvalue weighted by atomic mass is 10.1. The second-order valence-electron chi connectivity index (χ2n) is 6.66. The number of methoxy groups -OCH3 is 1. The molecule has 1 aromatic heterocycles. The van der Waals surface area contributed by atoms with E-state index >= 15 is 0 Å². The summed E-state index contributed by atoms with van der Waals surface area (Å²) in [6.07, 6.45) is 1.59. The van der Waals surface area contributed by atoms with Gasteiger partial charge in [0.1, 0.15) is 6.07 Å². The molecule has 30 heavy (non-hydrogen) atoms. The van der Waals surface area contributed by atoms with E-state index in [1.807, 2.05) is 34.9 Å². The summed E-state index contributed by atoms with van der Waals surface area (Å²) in [4.78, 5) is 2.09. The smallest absolute Gasteiger partial charge is 0.232 e. The Morgan fingerprint density at radius 2 is 1.90 bits per heavy atom. The number of benzene rings is 2. The minimum atomic E-state index is -0.0353. The third kappa shape index (κ3) is 3.71. The van der Waals surface area contributed by atoms with E-state index in [0.717, 1.165) is 5.69 Å². The maximum absolute atomic E-state index is 10.4. The number of phenolic OH excluding ortho intramolecular Hbond substituents is 1. The van der Waals surface area contributed by atoms with Gasteiger partial charge in [0.2, 0.25) is 5.95 Å². The van der Waals surface area contributed by atoms with Gasteiger partial charge in [-0.15, -0.1) is 10.2 Å². The van der Waals surface area contributed by atoms with Crippen LogP contribution in [-0.2, 0) is 4.74 Å². The van der Waals surface area contributed by atoms with Crippen molar-refractivity contribution >= 4 is 17.6 Å². The number of anilines is 1. The molecule has 152 valence electrons. The Kier molecular flexibility index (Phi) is 5.63. The van der Waals surface area contributed by atoms with Crippen LogP contribution in [0.1, 0.15) is 11.4 Å². The summed E-state index contributed by atoms with van der Waals surface area (Å²) in [6.45, 7) is 2.59. The quantitative estimate of drug-likeness (QED) is 0.654. The standard InChI is InChI=1S/C22H21N5O3/c1-29-19-9-5-6-16(20(19)28)14-17(15-23)21-24-25-22(26-10-12-30-13-11-26)27(21)18-7-3-2-4-8-18/h2-9,14,28H,10-13H2,1H3. The van der Waals surface area contributed by atoms with E-state index in [0.29, 0.717) is 49.4 Å². The number of para-hydroxylation sites is 2. The van der Waals surface area contributed by atoms with Gasteiger partial charge in [0.15, 0.2) is 17.3 Å². The van der Waals surface area contributed by atoms with Crippen LogP contribution in [0.15, 0.2) is 48.5 Å². The highest BCUT2D eigenvalue weighted by Crippen LogP contribution is 2.33. The number of morpholine rings is 1. The molecular weight excluding hydrogens is 382 g/mol. The Hall–Kier alpha value is -3.83. The largest absolute Gasteiger partial charge is 0.504 e. The van der Waals surface area contributed by atoms with Gasteiger partial charge in [0.05, 0.1) is 31.6 Å². The Morgan fingerprint density at radius 3 is 2.60 bits per heavy atom. The summed E-state index contributed by atoms with van der Waals surface area (Å²) in [7, 11) is 1.48. The van der Waals surface area contributed by atoms with Crippen LogP contribution in [0.3, 0.4) is 0 Å². The molecule has 1 fully saturated rings. The number of allylic oxidation sites excluding steroid dienone is 1.